The fourth-order valence-electron chi connectivity index (χ4n) is 4.90. The molecule has 7 nitrogen and oxygen atoms in total. The lowest BCUT2D eigenvalue weighted by atomic mass is 9.98. The number of hydrogen-bond donors (Lipinski definition) is 3. The van der Waals surface area contributed by atoms with E-state index in [0.717, 1.165) is 30.4 Å². The number of amides is 2. The Kier molecular flexibility index (Phi) is 6.73. The molecule has 1 saturated carbocycles. The summed E-state index contributed by atoms with van der Waals surface area (Å²) in [4.78, 5) is 35.3. The number of benzene rings is 2. The second-order valence-corrected chi connectivity index (χ2v) is 8.47. The highest BCUT2D eigenvalue weighted by molar-refractivity contribution is 5.79. The predicted molar refractivity (Wildman–Crippen MR) is 119 cm³/mol. The predicted octanol–water partition coefficient (Wildman–Crippen LogP) is 3.67. The van der Waals surface area contributed by atoms with Crippen LogP contribution in [0.15, 0.2) is 48.5 Å². The fraction of sp³-hybridized carbons (Fsp3) is 0.400. The van der Waals surface area contributed by atoms with Crippen molar-refractivity contribution in [3.8, 4) is 11.1 Å². The van der Waals surface area contributed by atoms with E-state index in [9.17, 15) is 14.4 Å². The third kappa shape index (κ3) is 4.93. The van der Waals surface area contributed by atoms with Crippen LogP contribution in [-0.4, -0.2) is 42.3 Å². The largest absolute Gasteiger partial charge is 0.481 e. The maximum atomic E-state index is 12.2. The van der Waals surface area contributed by atoms with Crippen LogP contribution < -0.4 is 10.6 Å². The van der Waals surface area contributed by atoms with Crippen molar-refractivity contribution in [2.24, 2.45) is 5.92 Å². The molecule has 2 aromatic carbocycles. The van der Waals surface area contributed by atoms with E-state index in [1.807, 2.05) is 24.3 Å². The van der Waals surface area contributed by atoms with Gasteiger partial charge in [0.25, 0.3) is 0 Å². The van der Waals surface area contributed by atoms with Crippen molar-refractivity contribution >= 4 is 18.0 Å². The maximum Gasteiger partial charge on any atom is 0.407 e. The Balaban J connectivity index is 1.22. The zero-order valence-electron chi connectivity index (χ0n) is 17.9. The highest BCUT2D eigenvalue weighted by Gasteiger charge is 2.30. The summed E-state index contributed by atoms with van der Waals surface area (Å²) < 4.78 is 5.47. The van der Waals surface area contributed by atoms with Crippen LogP contribution in [0.1, 0.15) is 49.1 Å². The lowest BCUT2D eigenvalue weighted by Gasteiger charge is -2.19. The van der Waals surface area contributed by atoms with Crippen molar-refractivity contribution in [1.29, 1.82) is 0 Å². The van der Waals surface area contributed by atoms with E-state index in [0.29, 0.717) is 0 Å². The number of carboxylic acids is 1. The summed E-state index contributed by atoms with van der Waals surface area (Å²) in [5, 5.41) is 14.5. The van der Waals surface area contributed by atoms with Crippen LogP contribution in [0.2, 0.25) is 0 Å². The molecule has 0 spiro atoms. The highest BCUT2D eigenvalue weighted by atomic mass is 16.5. The van der Waals surface area contributed by atoms with Crippen LogP contribution in [0.3, 0.4) is 0 Å². The van der Waals surface area contributed by atoms with Crippen molar-refractivity contribution in [3.63, 3.8) is 0 Å². The second-order valence-electron chi connectivity index (χ2n) is 8.47. The Morgan fingerprint density at radius 1 is 0.969 bits per heavy atom. The van der Waals surface area contributed by atoms with Crippen molar-refractivity contribution < 1.29 is 24.2 Å². The molecule has 1 fully saturated rings. The molecular weight excluding hydrogens is 408 g/mol. The number of carboxylic acid groups (broad SMARTS) is 1. The summed E-state index contributed by atoms with van der Waals surface area (Å²) in [6, 6.07) is 16.2. The minimum Gasteiger partial charge on any atom is -0.481 e. The van der Waals surface area contributed by atoms with Gasteiger partial charge in [-0.2, -0.15) is 0 Å². The first kappa shape index (κ1) is 21.9. The van der Waals surface area contributed by atoms with Crippen molar-refractivity contribution in [2.45, 2.75) is 44.1 Å². The molecule has 0 saturated heterocycles. The summed E-state index contributed by atoms with van der Waals surface area (Å²) in [7, 11) is 0. The third-order valence-electron chi connectivity index (χ3n) is 6.41. The lowest BCUT2D eigenvalue weighted by molar-refractivity contribution is -0.138. The molecule has 2 aliphatic rings. The summed E-state index contributed by atoms with van der Waals surface area (Å²) in [6.45, 7) is 0.393. The SMILES string of the molecule is O=C(O)CC1CCCC1NC(=O)CCNC(=O)OCC1c2ccccc2-c2ccccc21. The van der Waals surface area contributed by atoms with E-state index in [-0.39, 0.29) is 49.8 Å². The number of hydrogen-bond acceptors (Lipinski definition) is 4. The number of rotatable bonds is 8. The number of fused-ring (bicyclic) bond motifs is 3. The molecule has 0 aromatic heterocycles. The second kappa shape index (κ2) is 9.85. The molecule has 0 heterocycles. The standard InChI is InChI=1S/C25H28N2O5/c28-23(27-22-11-5-6-16(22)14-24(29)30)12-13-26-25(31)32-15-21-19-9-3-1-7-17(19)18-8-2-4-10-20(18)21/h1-4,7-10,16,21-22H,5-6,11-15H2,(H,26,31)(H,27,28)(H,29,30). The van der Waals surface area contributed by atoms with Gasteiger partial charge >= 0.3 is 12.1 Å². The minimum atomic E-state index is -0.840. The van der Waals surface area contributed by atoms with Gasteiger partial charge in [-0.25, -0.2) is 4.79 Å². The maximum absolute atomic E-state index is 12.2. The van der Waals surface area contributed by atoms with E-state index in [2.05, 4.69) is 34.9 Å². The number of carbonyl (C=O) groups is 3. The first-order chi connectivity index (χ1) is 15.5. The average Bonchev–Trinajstić information content (AvgIpc) is 3.33. The molecule has 0 bridgehead atoms. The molecule has 168 valence electrons. The van der Waals surface area contributed by atoms with Crippen LogP contribution >= 0.6 is 0 Å². The molecule has 3 N–H and O–H groups in total. The summed E-state index contributed by atoms with van der Waals surface area (Å²) >= 11 is 0. The van der Waals surface area contributed by atoms with Crippen LogP contribution in [0.4, 0.5) is 4.79 Å². The smallest absolute Gasteiger partial charge is 0.407 e. The fourth-order valence-corrected chi connectivity index (χ4v) is 4.90. The van der Waals surface area contributed by atoms with Gasteiger partial charge in [-0.05, 0) is 41.0 Å². The Hall–Kier alpha value is -3.35. The van der Waals surface area contributed by atoms with Crippen molar-refractivity contribution in [1.82, 2.24) is 10.6 Å². The highest BCUT2D eigenvalue weighted by Crippen LogP contribution is 2.44. The van der Waals surface area contributed by atoms with Gasteiger partial charge in [0.2, 0.25) is 5.91 Å². The van der Waals surface area contributed by atoms with Gasteiger partial charge < -0.3 is 20.5 Å². The molecule has 7 heteroatoms. The lowest BCUT2D eigenvalue weighted by Crippen LogP contribution is -2.39. The first-order valence-electron chi connectivity index (χ1n) is 11.1. The van der Waals surface area contributed by atoms with Gasteiger partial charge in [0.05, 0.1) is 6.42 Å². The number of ether oxygens (including phenoxy) is 1. The molecular formula is C25H28N2O5. The minimum absolute atomic E-state index is 0.00927. The van der Waals surface area contributed by atoms with Crippen LogP contribution in [0, 0.1) is 5.92 Å². The van der Waals surface area contributed by atoms with Gasteiger partial charge in [0.1, 0.15) is 6.61 Å². The Morgan fingerprint density at radius 2 is 1.62 bits per heavy atom. The molecule has 0 aliphatic heterocycles. The monoisotopic (exact) mass is 436 g/mol. The van der Waals surface area contributed by atoms with Crippen molar-refractivity contribution in [3.05, 3.63) is 59.7 Å². The Labute approximate surface area is 187 Å². The Morgan fingerprint density at radius 3 is 2.28 bits per heavy atom. The zero-order valence-corrected chi connectivity index (χ0v) is 17.9. The van der Waals surface area contributed by atoms with Crippen LogP contribution in [-0.2, 0) is 14.3 Å². The van der Waals surface area contributed by atoms with Crippen molar-refractivity contribution in [2.75, 3.05) is 13.2 Å². The van der Waals surface area contributed by atoms with Gasteiger partial charge in [-0.1, -0.05) is 55.0 Å². The number of carbonyl (C=O) groups excluding carboxylic acids is 2. The summed E-state index contributed by atoms with van der Waals surface area (Å²) in [5.74, 6) is -1.06. The first-order valence-corrected chi connectivity index (χ1v) is 11.1. The van der Waals surface area contributed by atoms with Gasteiger partial charge in [0.15, 0.2) is 0 Å². The van der Waals surface area contributed by atoms with Gasteiger partial charge in [-0.3, -0.25) is 9.59 Å². The van der Waals surface area contributed by atoms with Crippen LogP contribution in [0.5, 0.6) is 0 Å². The van der Waals surface area contributed by atoms with E-state index in [4.69, 9.17) is 9.84 Å². The molecule has 2 atom stereocenters. The molecule has 2 aliphatic carbocycles. The van der Waals surface area contributed by atoms with Crippen LogP contribution in [0.25, 0.3) is 11.1 Å². The quantitative estimate of drug-likeness (QED) is 0.586. The molecule has 2 unspecified atom stereocenters. The molecule has 0 radical (unpaired) electrons. The number of aliphatic carboxylic acids is 1. The van der Waals surface area contributed by atoms with Gasteiger partial charge in [-0.15, -0.1) is 0 Å². The molecule has 4 rings (SSSR count). The summed E-state index contributed by atoms with van der Waals surface area (Å²) in [6.07, 6.45) is 2.17. The van der Waals surface area contributed by atoms with Gasteiger partial charge in [0, 0.05) is 24.9 Å². The number of alkyl carbamates (subject to hydrolysis) is 1. The van der Waals surface area contributed by atoms with E-state index in [1.54, 1.807) is 0 Å². The third-order valence-corrected chi connectivity index (χ3v) is 6.41. The average molecular weight is 437 g/mol. The normalized spacial score (nSPS) is 19.1. The van der Waals surface area contributed by atoms with E-state index < -0.39 is 12.1 Å². The Bertz CT molecular complexity index is 960. The molecule has 32 heavy (non-hydrogen) atoms. The van der Waals surface area contributed by atoms with E-state index >= 15 is 0 Å². The molecule has 2 amide bonds. The number of nitrogens with one attached hydrogen (secondary N) is 2. The summed E-state index contributed by atoms with van der Waals surface area (Å²) in [5.41, 5.74) is 4.63. The zero-order chi connectivity index (χ0) is 22.5. The van der Waals surface area contributed by atoms with E-state index in [1.165, 1.54) is 11.1 Å². The topological polar surface area (TPSA) is 105 Å². The molecule has 2 aromatic rings.